The van der Waals surface area contributed by atoms with Crippen molar-refractivity contribution in [2.45, 2.75) is 58.5 Å². The number of aromatic amines is 1. The number of halogens is 3. The van der Waals surface area contributed by atoms with Gasteiger partial charge in [-0.3, -0.25) is 4.79 Å². The summed E-state index contributed by atoms with van der Waals surface area (Å²) in [4.78, 5) is 31.1. The smallest absolute Gasteiger partial charge is 0.341 e. The Labute approximate surface area is 218 Å². The molecule has 0 radical (unpaired) electrons. The number of alkyl halides is 3. The molecule has 3 heterocycles. The number of H-pyrrole nitrogens is 1. The molecule has 38 heavy (non-hydrogen) atoms. The van der Waals surface area contributed by atoms with Gasteiger partial charge in [-0.05, 0) is 57.9 Å². The number of hydrogen-bond donors (Lipinski definition) is 2. The molecule has 0 atom stereocenters. The molecule has 5 rings (SSSR count). The highest BCUT2D eigenvalue weighted by molar-refractivity contribution is 5.98. The Morgan fingerprint density at radius 2 is 1.87 bits per heavy atom. The van der Waals surface area contributed by atoms with Crippen LogP contribution in [0.4, 0.5) is 24.8 Å². The second-order valence-corrected chi connectivity index (χ2v) is 9.87. The Morgan fingerprint density at radius 3 is 2.50 bits per heavy atom. The lowest BCUT2D eigenvalue weighted by molar-refractivity contribution is -0.137. The molecule has 1 aliphatic rings. The van der Waals surface area contributed by atoms with Crippen molar-refractivity contribution in [2.75, 3.05) is 18.9 Å². The molecule has 1 amide bonds. The summed E-state index contributed by atoms with van der Waals surface area (Å²) >= 11 is 0. The molecular weight excluding hydrogens is 495 g/mol. The number of imidazole rings is 1. The van der Waals surface area contributed by atoms with Gasteiger partial charge in [0.05, 0.1) is 17.0 Å². The monoisotopic (exact) mass is 525 g/mol. The summed E-state index contributed by atoms with van der Waals surface area (Å²) < 4.78 is 43.1. The number of benzene rings is 1. The van der Waals surface area contributed by atoms with Gasteiger partial charge in [0, 0.05) is 42.5 Å². The van der Waals surface area contributed by atoms with E-state index in [4.69, 9.17) is 4.98 Å². The van der Waals surface area contributed by atoms with Crippen LogP contribution in [0.5, 0.6) is 0 Å². The Morgan fingerprint density at radius 1 is 1.13 bits per heavy atom. The van der Waals surface area contributed by atoms with Crippen LogP contribution in [0.3, 0.4) is 0 Å². The predicted octanol–water partition coefficient (Wildman–Crippen LogP) is 6.27. The van der Waals surface area contributed by atoms with Gasteiger partial charge in [-0.25, -0.2) is 9.97 Å². The number of hydrogen-bond acceptors (Lipinski definition) is 5. The minimum atomic E-state index is -4.55. The van der Waals surface area contributed by atoms with Gasteiger partial charge in [-0.2, -0.15) is 18.2 Å². The van der Waals surface area contributed by atoms with E-state index in [1.807, 2.05) is 6.92 Å². The fraction of sp³-hybridized carbons (Fsp3) is 0.407. The van der Waals surface area contributed by atoms with Gasteiger partial charge in [0.1, 0.15) is 17.2 Å². The number of fused-ring (bicyclic) bond motifs is 1. The summed E-state index contributed by atoms with van der Waals surface area (Å²) in [5.41, 5.74) is 2.12. The van der Waals surface area contributed by atoms with E-state index in [1.54, 1.807) is 48.7 Å². The Balaban J connectivity index is 1.60. The number of aryl methyl sites for hydroxylation is 2. The molecule has 200 valence electrons. The molecule has 11 heteroatoms. The normalized spacial score (nSPS) is 14.4. The van der Waals surface area contributed by atoms with Crippen molar-refractivity contribution in [1.29, 1.82) is 0 Å². The highest BCUT2D eigenvalue weighted by atomic mass is 19.4. The van der Waals surface area contributed by atoms with Crippen molar-refractivity contribution in [3.8, 4) is 5.69 Å². The number of nitrogens with zero attached hydrogens (tertiary/aromatic N) is 5. The molecule has 1 saturated carbocycles. The van der Waals surface area contributed by atoms with Gasteiger partial charge >= 0.3 is 6.18 Å². The van der Waals surface area contributed by atoms with Gasteiger partial charge in [-0.15, -0.1) is 0 Å². The van der Waals surface area contributed by atoms with E-state index in [0.717, 1.165) is 48.9 Å². The molecule has 0 bridgehead atoms. The molecule has 1 aliphatic carbocycles. The molecule has 4 aromatic rings. The zero-order valence-electron chi connectivity index (χ0n) is 21.8. The van der Waals surface area contributed by atoms with Crippen LogP contribution in [0.25, 0.3) is 16.7 Å². The zero-order chi connectivity index (χ0) is 27.2. The quantitative estimate of drug-likeness (QED) is 0.310. The summed E-state index contributed by atoms with van der Waals surface area (Å²) in [6, 6.07) is 5.55. The van der Waals surface area contributed by atoms with Crippen LogP contribution in [-0.4, -0.2) is 48.9 Å². The number of carbonyl (C=O) groups excluding carboxylic acids is 1. The van der Waals surface area contributed by atoms with E-state index in [-0.39, 0.29) is 23.5 Å². The summed E-state index contributed by atoms with van der Waals surface area (Å²) in [6.07, 6.45) is 1.22. The van der Waals surface area contributed by atoms with E-state index in [9.17, 15) is 18.0 Å². The van der Waals surface area contributed by atoms with Crippen LogP contribution >= 0.6 is 0 Å². The average molecular weight is 526 g/mol. The van der Waals surface area contributed by atoms with E-state index in [2.05, 4.69) is 20.3 Å². The first-order valence-electron chi connectivity index (χ1n) is 12.7. The lowest BCUT2D eigenvalue weighted by Gasteiger charge is -2.16. The minimum absolute atomic E-state index is 0.161. The summed E-state index contributed by atoms with van der Waals surface area (Å²) in [7, 11) is 1.72. The maximum atomic E-state index is 13.8. The van der Waals surface area contributed by atoms with Gasteiger partial charge in [0.25, 0.3) is 5.91 Å². The Hall–Kier alpha value is -3.89. The van der Waals surface area contributed by atoms with Crippen LogP contribution in [0.1, 0.15) is 71.8 Å². The topological polar surface area (TPSA) is 91.7 Å². The summed E-state index contributed by atoms with van der Waals surface area (Å²) in [5, 5.41) is 3.78. The molecule has 0 unspecified atom stereocenters. The third-order valence-electron chi connectivity index (χ3n) is 7.09. The second kappa shape index (κ2) is 9.77. The number of rotatable bonds is 6. The van der Waals surface area contributed by atoms with Crippen LogP contribution in [0, 0.1) is 13.8 Å². The number of nitrogens with one attached hydrogen (secondary N) is 2. The largest absolute Gasteiger partial charge is 0.416 e. The van der Waals surface area contributed by atoms with Crippen molar-refractivity contribution in [3.05, 3.63) is 58.9 Å². The lowest BCUT2D eigenvalue weighted by atomic mass is 10.0. The van der Waals surface area contributed by atoms with Crippen molar-refractivity contribution in [3.63, 3.8) is 0 Å². The molecular formula is C27H30F3N7O. The van der Waals surface area contributed by atoms with Crippen molar-refractivity contribution in [1.82, 2.24) is 29.4 Å². The van der Waals surface area contributed by atoms with Crippen molar-refractivity contribution >= 4 is 28.6 Å². The first-order chi connectivity index (χ1) is 18.0. The fourth-order valence-electron chi connectivity index (χ4n) is 5.06. The van der Waals surface area contributed by atoms with Crippen LogP contribution in [0.15, 0.2) is 30.5 Å². The lowest BCUT2D eigenvalue weighted by Crippen LogP contribution is -2.26. The molecule has 1 fully saturated rings. The van der Waals surface area contributed by atoms with E-state index >= 15 is 0 Å². The minimum Gasteiger partial charge on any atom is -0.341 e. The first kappa shape index (κ1) is 25.7. The molecule has 0 spiro atoms. The molecule has 1 aromatic carbocycles. The zero-order valence-corrected chi connectivity index (χ0v) is 21.8. The Bertz CT molecular complexity index is 1500. The number of amides is 1. The molecule has 3 aromatic heterocycles. The van der Waals surface area contributed by atoms with E-state index in [1.165, 1.54) is 0 Å². The van der Waals surface area contributed by atoms with E-state index in [0.29, 0.717) is 35.1 Å². The molecule has 2 N–H and O–H groups in total. The summed E-state index contributed by atoms with van der Waals surface area (Å²) in [5.74, 6) is 0.783. The van der Waals surface area contributed by atoms with Gasteiger partial charge in [-0.1, -0.05) is 12.8 Å². The predicted molar refractivity (Wildman–Crippen MR) is 139 cm³/mol. The number of carbonyl (C=O) groups is 1. The summed E-state index contributed by atoms with van der Waals surface area (Å²) in [6.45, 7) is 5.97. The van der Waals surface area contributed by atoms with Crippen LogP contribution in [0.2, 0.25) is 0 Å². The third kappa shape index (κ3) is 4.97. The third-order valence-corrected chi connectivity index (χ3v) is 7.09. The maximum Gasteiger partial charge on any atom is 0.416 e. The SMILES string of the molecule is CCN(C)C(=O)c1cc2c(C3CCCC3)nc(Nc3cc(-n4cc(C)nc4C)cc(C(F)(F)F)c3)nc2[nH]1. The highest BCUT2D eigenvalue weighted by Gasteiger charge is 2.32. The molecule has 0 saturated heterocycles. The highest BCUT2D eigenvalue weighted by Crippen LogP contribution is 2.38. The maximum absolute atomic E-state index is 13.8. The van der Waals surface area contributed by atoms with Crippen molar-refractivity contribution < 1.29 is 18.0 Å². The van der Waals surface area contributed by atoms with Crippen molar-refractivity contribution in [2.24, 2.45) is 0 Å². The molecule has 8 nitrogen and oxygen atoms in total. The van der Waals surface area contributed by atoms with E-state index < -0.39 is 11.7 Å². The average Bonchev–Trinajstić information content (AvgIpc) is 3.61. The van der Waals surface area contributed by atoms with Crippen LogP contribution < -0.4 is 5.32 Å². The standard InChI is InChI=1S/C27H30F3N7O/c1-5-36(4)25(38)22-13-21-23(17-8-6-7-9-17)34-26(35-24(21)33-22)32-19-10-18(27(28,29)30)11-20(12-19)37-14-15(2)31-16(37)3/h10-14,17H,5-9H2,1-4H3,(H2,32,33,34,35). The van der Waals surface area contributed by atoms with Gasteiger partial charge < -0.3 is 19.8 Å². The second-order valence-electron chi connectivity index (χ2n) is 9.87. The fourth-order valence-corrected chi connectivity index (χ4v) is 5.06. The van der Waals surface area contributed by atoms with Crippen LogP contribution in [-0.2, 0) is 6.18 Å². The number of anilines is 2. The van der Waals surface area contributed by atoms with Gasteiger partial charge in [0.2, 0.25) is 5.95 Å². The molecule has 0 aliphatic heterocycles. The Kier molecular flexibility index (Phi) is 6.62. The number of aromatic nitrogens is 5. The van der Waals surface area contributed by atoms with Gasteiger partial charge in [0.15, 0.2) is 0 Å². The first-order valence-corrected chi connectivity index (χ1v) is 12.7.